The predicted octanol–water partition coefficient (Wildman–Crippen LogP) is 16.9. The van der Waals surface area contributed by atoms with Crippen LogP contribution in [-0.4, -0.2) is 69.4 Å². The molecule has 0 radical (unpaired) electrons. The lowest BCUT2D eigenvalue weighted by atomic mass is 10.1. The van der Waals surface area contributed by atoms with E-state index in [4.69, 9.17) is 13.8 Å². The van der Waals surface area contributed by atoms with E-state index in [1.54, 1.807) is 6.08 Å². The Morgan fingerprint density at radius 1 is 0.493 bits per heavy atom. The van der Waals surface area contributed by atoms with Crippen molar-refractivity contribution in [1.82, 2.24) is 5.32 Å². The van der Waals surface area contributed by atoms with E-state index in [0.717, 1.165) is 89.9 Å². The number of nitrogens with one attached hydrogen (secondary N) is 1. The maximum atomic E-state index is 13.4. The molecule has 0 aromatic heterocycles. The van der Waals surface area contributed by atoms with Gasteiger partial charge in [-0.15, -0.1) is 0 Å². The second-order valence-electron chi connectivity index (χ2n) is 20.1. The summed E-state index contributed by atoms with van der Waals surface area (Å²) in [5.41, 5.74) is 0. The second kappa shape index (κ2) is 51.9. The van der Waals surface area contributed by atoms with Crippen LogP contribution < -0.4 is 10.2 Å². The molecule has 416 valence electrons. The summed E-state index contributed by atoms with van der Waals surface area (Å²) in [4.78, 5) is 39.8. The van der Waals surface area contributed by atoms with Crippen molar-refractivity contribution in [2.75, 3.05) is 40.9 Å². The average molecular weight is 1040 g/mol. The molecule has 0 saturated carbocycles. The van der Waals surface area contributed by atoms with Crippen LogP contribution in [0.1, 0.15) is 213 Å². The number of amides is 1. The molecule has 0 aliphatic rings. The summed E-state index contributed by atoms with van der Waals surface area (Å²) < 4.78 is 30.1. The van der Waals surface area contributed by atoms with E-state index in [2.05, 4.69) is 123 Å². The number of nitrogens with zero attached hydrogens (tertiary/aromatic N) is 1. The number of hydrogen-bond donors (Lipinski definition) is 1. The maximum absolute atomic E-state index is 13.4. The number of likely N-dealkylation sites (N-methyl/N-ethyl adjacent to an activating group) is 1. The smallest absolute Gasteiger partial charge is 0.306 e. The molecule has 3 atom stereocenters. The predicted molar refractivity (Wildman–Crippen MR) is 311 cm³/mol. The quantitative estimate of drug-likeness (QED) is 0.0212. The van der Waals surface area contributed by atoms with Gasteiger partial charge in [-0.05, 0) is 109 Å². The van der Waals surface area contributed by atoms with Gasteiger partial charge in [-0.1, -0.05) is 213 Å². The first-order valence-electron chi connectivity index (χ1n) is 28.8. The fraction of sp³-hybridized carbons (Fsp3) is 0.651. The van der Waals surface area contributed by atoms with Crippen molar-refractivity contribution < 1.29 is 37.3 Å². The Morgan fingerprint density at radius 3 is 1.37 bits per heavy atom. The van der Waals surface area contributed by atoms with Gasteiger partial charge in [0.15, 0.2) is 0 Å². The van der Waals surface area contributed by atoms with Gasteiger partial charge < -0.3 is 28.5 Å². The Kier molecular flexibility index (Phi) is 49.3. The maximum Gasteiger partial charge on any atom is 0.306 e. The summed E-state index contributed by atoms with van der Waals surface area (Å²) in [5.74, 6) is -0.684. The number of hydrogen-bond acceptors (Lipinski definition) is 7. The van der Waals surface area contributed by atoms with Crippen LogP contribution in [0.4, 0.5) is 0 Å². The molecule has 0 rings (SSSR count). The van der Waals surface area contributed by atoms with Crippen molar-refractivity contribution in [3.63, 3.8) is 0 Å². The van der Waals surface area contributed by atoms with E-state index in [9.17, 15) is 19.0 Å². The summed E-state index contributed by atoms with van der Waals surface area (Å²) in [5, 5.41) is 2.96. The number of phosphoric ester groups is 1. The molecule has 0 aliphatic heterocycles. The van der Waals surface area contributed by atoms with Crippen LogP contribution in [-0.2, 0) is 27.9 Å². The van der Waals surface area contributed by atoms with E-state index in [1.165, 1.54) is 77.0 Å². The van der Waals surface area contributed by atoms with Crippen LogP contribution in [0.2, 0.25) is 0 Å². The molecule has 9 nitrogen and oxygen atoms in total. The van der Waals surface area contributed by atoms with Crippen molar-refractivity contribution in [3.05, 3.63) is 122 Å². The number of ether oxygens (including phenoxy) is 1. The van der Waals surface area contributed by atoms with Gasteiger partial charge in [-0.25, -0.2) is 0 Å². The first-order chi connectivity index (χ1) is 35.4. The number of phosphoric acid groups is 1. The first-order valence-corrected chi connectivity index (χ1v) is 30.3. The SMILES string of the molecule is CC/C=C/C/C=C/C/C=C/C/C=C/C/C=C/CCC(=O)NC(COP(=O)([O-])OCC[N+](C)(C)C)C(/C=C/CCCCCCCCCCCC)OC(=O)CCCCC/C=C\C/C=C\C/C=C\C/C=C\CCCCC. The lowest BCUT2D eigenvalue weighted by Gasteiger charge is -2.30. The fourth-order valence-electron chi connectivity index (χ4n) is 7.43. The number of unbranched alkanes of at least 4 members (excludes halogenated alkanes) is 16. The standard InChI is InChI=1S/C63H107N2O7P/c1-7-10-13-16-19-22-25-28-30-32-33-34-36-38-41-44-47-50-53-56-63(67)72-61(54-51-48-45-42-39-27-24-21-18-15-12-9-3)60(59-71-73(68,69)70-58-57-65(4,5)6)64-62(66)55-52-49-46-43-40-37-35-31-29-26-23-20-17-14-11-8-2/h11,14,19-20,22-23,28-31,33-34,37-38,40-41,46,49,51,54,60-61H,7-10,12-13,15-18,21,24-27,32,35-36,39,42-45,47-48,50,52-53,55-59H2,1-6H3,(H-,64,66,68,69)/b14-11+,22-19-,23-20+,30-28-,31-29+,34-33-,40-37+,41-38-,49-46+,54-51+. The van der Waals surface area contributed by atoms with Gasteiger partial charge in [0, 0.05) is 12.8 Å². The highest BCUT2D eigenvalue weighted by atomic mass is 31.2. The first kappa shape index (κ1) is 69.4. The van der Waals surface area contributed by atoms with Gasteiger partial charge in [-0.2, -0.15) is 0 Å². The van der Waals surface area contributed by atoms with Gasteiger partial charge in [0.05, 0.1) is 33.8 Å². The van der Waals surface area contributed by atoms with E-state index < -0.39 is 32.5 Å². The summed E-state index contributed by atoms with van der Waals surface area (Å²) in [6.45, 7) is 6.59. The summed E-state index contributed by atoms with van der Waals surface area (Å²) in [7, 11) is 1.10. The molecule has 0 aromatic rings. The van der Waals surface area contributed by atoms with Gasteiger partial charge in [0.25, 0.3) is 7.82 Å². The fourth-order valence-corrected chi connectivity index (χ4v) is 8.15. The zero-order valence-corrected chi connectivity index (χ0v) is 48.2. The molecule has 73 heavy (non-hydrogen) atoms. The molecular weight excluding hydrogens is 928 g/mol. The third-order valence-corrected chi connectivity index (χ3v) is 12.9. The van der Waals surface area contributed by atoms with Crippen molar-refractivity contribution in [2.45, 2.75) is 226 Å². The van der Waals surface area contributed by atoms with Crippen molar-refractivity contribution in [3.8, 4) is 0 Å². The number of quaternary nitrogens is 1. The Morgan fingerprint density at radius 2 is 0.890 bits per heavy atom. The number of carbonyl (C=O) groups is 2. The Hall–Kier alpha value is -3.59. The third-order valence-electron chi connectivity index (χ3n) is 11.9. The molecule has 0 aromatic carbocycles. The highest BCUT2D eigenvalue weighted by molar-refractivity contribution is 7.45. The van der Waals surface area contributed by atoms with Crippen LogP contribution in [0.15, 0.2) is 122 Å². The van der Waals surface area contributed by atoms with Crippen molar-refractivity contribution in [2.24, 2.45) is 0 Å². The van der Waals surface area contributed by atoms with Gasteiger partial charge in [-0.3, -0.25) is 14.2 Å². The molecule has 0 aliphatic carbocycles. The van der Waals surface area contributed by atoms with Crippen molar-refractivity contribution >= 4 is 19.7 Å². The van der Waals surface area contributed by atoms with E-state index in [0.29, 0.717) is 23.9 Å². The van der Waals surface area contributed by atoms with E-state index in [1.807, 2.05) is 39.4 Å². The lowest BCUT2D eigenvalue weighted by Crippen LogP contribution is -2.47. The van der Waals surface area contributed by atoms with Crippen LogP contribution in [0.5, 0.6) is 0 Å². The highest BCUT2D eigenvalue weighted by Gasteiger charge is 2.27. The molecule has 0 fully saturated rings. The van der Waals surface area contributed by atoms with E-state index in [-0.39, 0.29) is 25.4 Å². The average Bonchev–Trinajstić information content (AvgIpc) is 3.35. The molecule has 0 heterocycles. The molecule has 3 unspecified atom stereocenters. The third kappa shape index (κ3) is 53.1. The normalized spacial score (nSPS) is 14.7. The Balaban J connectivity index is 5.52. The minimum Gasteiger partial charge on any atom is -0.756 e. The molecule has 1 N–H and O–H groups in total. The Labute approximate surface area is 448 Å². The molecule has 0 spiro atoms. The van der Waals surface area contributed by atoms with Gasteiger partial charge >= 0.3 is 5.97 Å². The highest BCUT2D eigenvalue weighted by Crippen LogP contribution is 2.38. The molecule has 0 saturated heterocycles. The minimum atomic E-state index is -4.73. The molecule has 0 bridgehead atoms. The lowest BCUT2D eigenvalue weighted by molar-refractivity contribution is -0.870. The zero-order valence-electron chi connectivity index (χ0n) is 47.3. The van der Waals surface area contributed by atoms with Gasteiger partial charge in [0.2, 0.25) is 5.91 Å². The topological polar surface area (TPSA) is 114 Å². The number of carbonyl (C=O) groups excluding carboxylic acids is 2. The summed E-state index contributed by atoms with van der Waals surface area (Å²) in [6, 6.07) is -0.949. The molecule has 10 heteroatoms. The zero-order chi connectivity index (χ0) is 53.6. The van der Waals surface area contributed by atoms with Crippen LogP contribution in [0.3, 0.4) is 0 Å². The Bertz CT molecular complexity index is 1660. The summed E-state index contributed by atoms with van der Waals surface area (Å²) >= 11 is 0. The number of rotatable bonds is 50. The largest absolute Gasteiger partial charge is 0.756 e. The molecular formula is C63H107N2O7P. The van der Waals surface area contributed by atoms with E-state index >= 15 is 0 Å². The number of allylic oxidation sites excluding steroid dienone is 19. The second-order valence-corrected chi connectivity index (χ2v) is 21.5. The van der Waals surface area contributed by atoms with Crippen LogP contribution in [0.25, 0.3) is 0 Å². The molecule has 1 amide bonds. The monoisotopic (exact) mass is 1030 g/mol. The van der Waals surface area contributed by atoms with Gasteiger partial charge in [0.1, 0.15) is 19.3 Å². The summed E-state index contributed by atoms with van der Waals surface area (Å²) in [6.07, 6.45) is 71.8. The minimum absolute atomic E-state index is 0.0475. The van der Waals surface area contributed by atoms with Crippen LogP contribution in [0, 0.1) is 0 Å². The number of esters is 1. The van der Waals surface area contributed by atoms with Crippen molar-refractivity contribution in [1.29, 1.82) is 0 Å². The van der Waals surface area contributed by atoms with Crippen LogP contribution >= 0.6 is 7.82 Å².